The monoisotopic (exact) mass is 578 g/mol. The number of allylic oxidation sites excluding steroid dienone is 2. The number of hydrogen-bond donors (Lipinski definition) is 4. The number of nitrogens with one attached hydrogen (secondary N) is 4. The molecule has 0 spiro atoms. The molecular weight excluding hydrogens is 532 g/mol. The Morgan fingerprint density at radius 3 is 2.41 bits per heavy atom. The van der Waals surface area contributed by atoms with E-state index in [1.54, 1.807) is 17.8 Å². The molecule has 222 valence electrons. The molecule has 0 bridgehead atoms. The Morgan fingerprint density at radius 2 is 1.76 bits per heavy atom. The first-order valence-electron chi connectivity index (χ1n) is 14.5. The molecule has 3 amide bonds. The lowest BCUT2D eigenvalue weighted by Crippen LogP contribution is -2.52. The Morgan fingerprint density at radius 1 is 1.05 bits per heavy atom. The maximum atomic E-state index is 13.7. The number of piperidine rings is 1. The Hall–Kier alpha value is -3.36. The van der Waals surface area contributed by atoms with Crippen LogP contribution in [0.25, 0.3) is 10.8 Å². The highest BCUT2D eigenvalue weighted by atomic mass is 32.2. The van der Waals surface area contributed by atoms with Crippen molar-refractivity contribution in [2.75, 3.05) is 18.8 Å². The zero-order valence-electron chi connectivity index (χ0n) is 24.9. The van der Waals surface area contributed by atoms with Crippen molar-refractivity contribution in [1.82, 2.24) is 21.3 Å². The number of benzene rings is 2. The van der Waals surface area contributed by atoms with E-state index in [1.807, 2.05) is 74.7 Å². The van der Waals surface area contributed by atoms with E-state index < -0.39 is 12.2 Å². The summed E-state index contributed by atoms with van der Waals surface area (Å²) < 4.78 is 0. The van der Waals surface area contributed by atoms with Crippen LogP contribution in [0, 0.1) is 5.92 Å². The number of hydrogen-bond acceptors (Lipinski definition) is 5. The van der Waals surface area contributed by atoms with Crippen LogP contribution in [0.15, 0.2) is 78.3 Å². The average molecular weight is 579 g/mol. The largest absolute Gasteiger partial charge is 0.344 e. The van der Waals surface area contributed by atoms with Gasteiger partial charge in [-0.05, 0) is 73.5 Å². The molecule has 8 heteroatoms. The summed E-state index contributed by atoms with van der Waals surface area (Å²) >= 11 is 1.64. The maximum Gasteiger partial charge on any atom is 0.244 e. The van der Waals surface area contributed by atoms with Crippen LogP contribution in [0.5, 0.6) is 0 Å². The second kappa shape index (κ2) is 18.9. The van der Waals surface area contributed by atoms with Gasteiger partial charge < -0.3 is 21.3 Å². The molecule has 1 saturated heterocycles. The fourth-order valence-electron chi connectivity index (χ4n) is 4.56. The van der Waals surface area contributed by atoms with E-state index in [9.17, 15) is 14.4 Å². The number of amides is 3. The van der Waals surface area contributed by atoms with E-state index in [0.29, 0.717) is 12.8 Å². The van der Waals surface area contributed by atoms with Gasteiger partial charge >= 0.3 is 0 Å². The van der Waals surface area contributed by atoms with Crippen LogP contribution in [0.1, 0.15) is 65.1 Å². The summed E-state index contributed by atoms with van der Waals surface area (Å²) in [6, 6.07) is 13.0. The Kier molecular flexibility index (Phi) is 15.6. The minimum absolute atomic E-state index is 0.113. The van der Waals surface area contributed by atoms with Crippen molar-refractivity contribution in [3.63, 3.8) is 0 Å². The van der Waals surface area contributed by atoms with E-state index in [1.165, 1.54) is 6.92 Å². The van der Waals surface area contributed by atoms with Crippen molar-refractivity contribution in [3.05, 3.63) is 83.8 Å². The third kappa shape index (κ3) is 11.6. The van der Waals surface area contributed by atoms with Crippen molar-refractivity contribution in [3.8, 4) is 0 Å². The maximum absolute atomic E-state index is 13.7. The summed E-state index contributed by atoms with van der Waals surface area (Å²) in [6.07, 6.45) is 7.56. The van der Waals surface area contributed by atoms with Gasteiger partial charge in [0.1, 0.15) is 12.2 Å². The topological polar surface area (TPSA) is 99.3 Å². The highest BCUT2D eigenvalue weighted by Gasteiger charge is 2.29. The second-order valence-electron chi connectivity index (χ2n) is 9.71. The van der Waals surface area contributed by atoms with Gasteiger partial charge in [0.05, 0.1) is 0 Å². The van der Waals surface area contributed by atoms with Crippen molar-refractivity contribution in [1.29, 1.82) is 0 Å². The molecule has 2 atom stereocenters. The van der Waals surface area contributed by atoms with Crippen LogP contribution in [0.2, 0.25) is 0 Å². The summed E-state index contributed by atoms with van der Waals surface area (Å²) in [5.74, 6) is -0.0434. The third-order valence-electron chi connectivity index (χ3n) is 6.63. The summed E-state index contributed by atoms with van der Waals surface area (Å²) in [6.45, 7) is 12.8. The van der Waals surface area contributed by atoms with Gasteiger partial charge in [0.15, 0.2) is 0 Å². The molecule has 2 aromatic rings. The van der Waals surface area contributed by atoms with Gasteiger partial charge in [-0.2, -0.15) is 0 Å². The number of rotatable bonds is 13. The molecule has 0 aromatic heterocycles. The summed E-state index contributed by atoms with van der Waals surface area (Å²) in [5.41, 5.74) is 1.76. The number of fused-ring (bicyclic) bond motifs is 1. The minimum atomic E-state index is -0.794. The lowest BCUT2D eigenvalue weighted by atomic mass is 9.96. The Bertz CT molecular complexity index is 1200. The number of carbonyl (C=O) groups excluding carboxylic acids is 3. The molecular formula is C33H46N4O3S. The van der Waals surface area contributed by atoms with E-state index >= 15 is 0 Å². The van der Waals surface area contributed by atoms with Gasteiger partial charge in [-0.3, -0.25) is 14.4 Å². The van der Waals surface area contributed by atoms with Crippen molar-refractivity contribution in [2.24, 2.45) is 5.92 Å². The van der Waals surface area contributed by atoms with E-state index in [4.69, 9.17) is 0 Å². The van der Waals surface area contributed by atoms with Crippen molar-refractivity contribution in [2.45, 2.75) is 65.6 Å². The Labute approximate surface area is 249 Å². The molecule has 1 aliphatic rings. The summed E-state index contributed by atoms with van der Waals surface area (Å²) in [7, 11) is 0. The van der Waals surface area contributed by atoms with Gasteiger partial charge in [0, 0.05) is 18.6 Å². The molecule has 1 fully saturated rings. The predicted octanol–water partition coefficient (Wildman–Crippen LogP) is 5.76. The van der Waals surface area contributed by atoms with Gasteiger partial charge in [-0.15, -0.1) is 18.3 Å². The van der Waals surface area contributed by atoms with E-state index in [-0.39, 0.29) is 23.6 Å². The van der Waals surface area contributed by atoms with E-state index in [0.717, 1.165) is 53.6 Å². The first kappa shape index (κ1) is 33.8. The van der Waals surface area contributed by atoms with E-state index in [2.05, 4.69) is 33.9 Å². The molecule has 0 radical (unpaired) electrons. The highest BCUT2D eigenvalue weighted by molar-refractivity contribution is 8.02. The van der Waals surface area contributed by atoms with Crippen LogP contribution in [-0.2, 0) is 14.4 Å². The fraction of sp³-hybridized carbons (Fsp3) is 0.424. The second-order valence-corrected chi connectivity index (χ2v) is 10.6. The first-order chi connectivity index (χ1) is 19.9. The van der Waals surface area contributed by atoms with Gasteiger partial charge in [-0.25, -0.2) is 0 Å². The zero-order chi connectivity index (χ0) is 30.0. The lowest BCUT2D eigenvalue weighted by Gasteiger charge is -2.27. The molecule has 41 heavy (non-hydrogen) atoms. The van der Waals surface area contributed by atoms with Crippen LogP contribution in [-0.4, -0.2) is 42.6 Å². The lowest BCUT2D eigenvalue weighted by molar-refractivity contribution is -0.132. The molecule has 1 aliphatic heterocycles. The molecule has 4 N–H and O–H groups in total. The van der Waals surface area contributed by atoms with Gasteiger partial charge in [0.2, 0.25) is 17.7 Å². The number of carbonyl (C=O) groups is 3. The number of thioether (sulfide) groups is 1. The average Bonchev–Trinajstić information content (AvgIpc) is 2.99. The van der Waals surface area contributed by atoms with Crippen LogP contribution >= 0.6 is 11.8 Å². The fourth-order valence-corrected chi connectivity index (χ4v) is 5.39. The zero-order valence-corrected chi connectivity index (χ0v) is 25.7. The van der Waals surface area contributed by atoms with Gasteiger partial charge in [-0.1, -0.05) is 74.0 Å². The van der Waals surface area contributed by atoms with Crippen LogP contribution in [0.3, 0.4) is 0 Å². The molecule has 0 unspecified atom stereocenters. The molecule has 7 nitrogen and oxygen atoms in total. The molecule has 0 aliphatic carbocycles. The molecule has 3 rings (SSSR count). The quantitative estimate of drug-likeness (QED) is 0.138. The smallest absolute Gasteiger partial charge is 0.244 e. The van der Waals surface area contributed by atoms with Crippen molar-refractivity contribution >= 4 is 40.3 Å². The van der Waals surface area contributed by atoms with Gasteiger partial charge in [0.25, 0.3) is 0 Å². The first-order valence-corrected chi connectivity index (χ1v) is 15.5. The minimum Gasteiger partial charge on any atom is -0.344 e. The third-order valence-corrected chi connectivity index (χ3v) is 7.52. The standard InChI is InChI=1S/C31H40N4O3S.C2H6/c1-4-6-18-39-21-23(9-5-2)19-28(34-30(37)25-14-16-32-17-15-25)31(38)35-29(33-22(3)36)27-13-12-24-10-7-8-11-26(24)20-27;1-2/h4-8,10-13,20-21,25,28-29,32H,2,9,14-19H2,1,3H3,(H,33,36)(H,34,37)(H,35,38);1-2H3/b6-4-,23-21+;/t28-,29-;/m1./s1. The normalized spacial score (nSPS) is 15.4. The predicted molar refractivity (Wildman–Crippen MR) is 172 cm³/mol. The summed E-state index contributed by atoms with van der Waals surface area (Å²) in [4.78, 5) is 39.0. The molecule has 0 saturated carbocycles. The van der Waals surface area contributed by atoms with Crippen molar-refractivity contribution < 1.29 is 14.4 Å². The van der Waals surface area contributed by atoms with Crippen LogP contribution in [0.4, 0.5) is 0 Å². The molecule has 1 heterocycles. The Balaban J connectivity index is 0.00000287. The summed E-state index contributed by atoms with van der Waals surface area (Å²) in [5, 5.41) is 16.3. The molecule has 2 aromatic carbocycles. The highest BCUT2D eigenvalue weighted by Crippen LogP contribution is 2.22. The van der Waals surface area contributed by atoms with Crippen LogP contribution < -0.4 is 21.3 Å². The SMILES string of the molecule is C=CC/C(=C\SC/C=C\C)C[C@@H](NC(=O)C1CCNCC1)C(=O)N[C@@H](NC(C)=O)c1ccc2ccccc2c1.CC.